The number of ketones is 1. The molecule has 0 spiro atoms. The third kappa shape index (κ3) is 5.73. The monoisotopic (exact) mass is 474 g/mol. The van der Waals surface area contributed by atoms with Gasteiger partial charge in [-0.05, 0) is 48.5 Å². The highest BCUT2D eigenvalue weighted by Gasteiger charge is 2.33. The van der Waals surface area contributed by atoms with Crippen molar-refractivity contribution in [2.45, 2.75) is 39.5 Å². The Morgan fingerprint density at radius 1 is 1.11 bits per heavy atom. The summed E-state index contributed by atoms with van der Waals surface area (Å²) in [6, 6.07) is 6.11. The van der Waals surface area contributed by atoms with Crippen LogP contribution >= 0.6 is 0 Å². The number of likely N-dealkylation sites (tertiary alicyclic amines) is 1. The minimum Gasteiger partial charge on any atom is -0.478 e. The number of nitrogens with zero attached hydrogens (tertiary/aromatic N) is 2. The number of carbonyl (C=O) groups is 4. The van der Waals surface area contributed by atoms with E-state index in [0.29, 0.717) is 50.0 Å². The summed E-state index contributed by atoms with van der Waals surface area (Å²) in [5.41, 5.74) is 1.76. The topological polar surface area (TPSA) is 104 Å². The Bertz CT molecular complexity index is 1180. The van der Waals surface area contributed by atoms with Crippen molar-refractivity contribution < 1.29 is 24.3 Å². The Hall–Kier alpha value is -3.61. The highest BCUT2D eigenvalue weighted by Crippen LogP contribution is 2.32. The van der Waals surface area contributed by atoms with E-state index in [1.165, 1.54) is 12.1 Å². The molecule has 2 aliphatic heterocycles. The number of aliphatic imine (C=N–C) groups is 1. The van der Waals surface area contributed by atoms with Gasteiger partial charge in [0.1, 0.15) is 0 Å². The van der Waals surface area contributed by atoms with Crippen LogP contribution in [0, 0.1) is 17.3 Å². The molecule has 4 rings (SSSR count). The molecule has 1 aliphatic carbocycles. The van der Waals surface area contributed by atoms with E-state index in [1.807, 2.05) is 44.2 Å². The lowest BCUT2D eigenvalue weighted by atomic mass is 9.80. The minimum atomic E-state index is -1.06. The zero-order chi connectivity index (χ0) is 25.2. The zero-order valence-corrected chi connectivity index (χ0v) is 20.1. The second kappa shape index (κ2) is 9.94. The van der Waals surface area contributed by atoms with Crippen LogP contribution in [0.5, 0.6) is 0 Å². The molecule has 1 saturated heterocycles. The quantitative estimate of drug-likeness (QED) is 0.595. The first kappa shape index (κ1) is 24.5. The molecular weight excluding hydrogens is 444 g/mol. The maximum atomic E-state index is 13.0. The van der Waals surface area contributed by atoms with Gasteiger partial charge in [-0.15, -0.1) is 0 Å². The first-order valence-electron chi connectivity index (χ1n) is 12.0. The predicted octanol–water partition coefficient (Wildman–Crippen LogP) is 4.26. The maximum absolute atomic E-state index is 13.0. The van der Waals surface area contributed by atoms with Gasteiger partial charge in [0.2, 0.25) is 5.91 Å². The van der Waals surface area contributed by atoms with Crippen LogP contribution in [0.2, 0.25) is 0 Å². The number of amides is 2. The summed E-state index contributed by atoms with van der Waals surface area (Å²) < 4.78 is 0. The number of rotatable bonds is 7. The normalized spacial score (nSPS) is 20.2. The number of dihydropyridines is 1. The van der Waals surface area contributed by atoms with Crippen molar-refractivity contribution in [2.24, 2.45) is 22.2 Å². The van der Waals surface area contributed by atoms with E-state index in [4.69, 9.17) is 5.11 Å². The van der Waals surface area contributed by atoms with E-state index < -0.39 is 5.97 Å². The van der Waals surface area contributed by atoms with Gasteiger partial charge in [0.05, 0.1) is 11.5 Å². The Kier molecular flexibility index (Phi) is 6.96. The summed E-state index contributed by atoms with van der Waals surface area (Å²) >= 11 is 0. The van der Waals surface area contributed by atoms with Crippen molar-refractivity contribution in [3.05, 3.63) is 71.3 Å². The van der Waals surface area contributed by atoms with E-state index in [2.05, 4.69) is 4.99 Å². The summed E-state index contributed by atoms with van der Waals surface area (Å²) in [4.78, 5) is 55.6. The number of carbonyl (C=O) groups excluding carboxylic acids is 3. The molecule has 1 fully saturated rings. The van der Waals surface area contributed by atoms with Gasteiger partial charge in [0.15, 0.2) is 5.78 Å². The van der Waals surface area contributed by atoms with Crippen molar-refractivity contribution in [1.82, 2.24) is 4.90 Å². The summed E-state index contributed by atoms with van der Waals surface area (Å²) in [6.45, 7) is 4.99. The SMILES string of the molecule is CC(C)(CC(=O)N1CCC(C(=O)c2cccc(C(=O)O)c2)CC1)CC1=NC(=O)C2C=CC=CC2=C1. The predicted molar refractivity (Wildman–Crippen MR) is 132 cm³/mol. The summed E-state index contributed by atoms with van der Waals surface area (Å²) in [7, 11) is 0. The molecule has 1 aromatic carbocycles. The van der Waals surface area contributed by atoms with Crippen LogP contribution in [0.25, 0.3) is 0 Å². The number of aromatic carboxylic acids is 1. The van der Waals surface area contributed by atoms with Crippen molar-refractivity contribution in [3.63, 3.8) is 0 Å². The number of hydrogen-bond acceptors (Lipinski definition) is 4. The third-order valence-electron chi connectivity index (χ3n) is 6.82. The molecule has 1 aromatic rings. The second-order valence-electron chi connectivity index (χ2n) is 10.2. The lowest BCUT2D eigenvalue weighted by Gasteiger charge is -2.34. The van der Waals surface area contributed by atoms with E-state index in [-0.39, 0.29) is 40.4 Å². The molecule has 0 radical (unpaired) electrons. The number of benzene rings is 1. The molecular formula is C28H30N2O5. The molecule has 1 unspecified atom stereocenters. The fraction of sp³-hybridized carbons (Fsp3) is 0.393. The fourth-order valence-corrected chi connectivity index (χ4v) is 4.95. The van der Waals surface area contributed by atoms with Crippen LogP contribution in [0.1, 0.15) is 60.2 Å². The Labute approximate surface area is 204 Å². The average Bonchev–Trinajstić information content (AvgIpc) is 2.83. The molecule has 0 bridgehead atoms. The Morgan fingerprint density at radius 3 is 2.54 bits per heavy atom. The lowest BCUT2D eigenvalue weighted by Crippen LogP contribution is -2.42. The average molecular weight is 475 g/mol. The van der Waals surface area contributed by atoms with Gasteiger partial charge in [-0.1, -0.05) is 50.3 Å². The van der Waals surface area contributed by atoms with Crippen LogP contribution < -0.4 is 0 Å². The molecule has 2 amide bonds. The van der Waals surface area contributed by atoms with Crippen LogP contribution in [-0.4, -0.2) is 52.4 Å². The summed E-state index contributed by atoms with van der Waals surface area (Å²) in [6.07, 6.45) is 11.4. The second-order valence-corrected chi connectivity index (χ2v) is 10.2. The number of hydrogen-bond donors (Lipinski definition) is 1. The van der Waals surface area contributed by atoms with E-state index in [1.54, 1.807) is 17.0 Å². The van der Waals surface area contributed by atoms with Gasteiger partial charge >= 0.3 is 5.97 Å². The summed E-state index contributed by atoms with van der Waals surface area (Å²) in [5.74, 6) is -1.80. The fourth-order valence-electron chi connectivity index (χ4n) is 4.95. The molecule has 7 nitrogen and oxygen atoms in total. The minimum absolute atomic E-state index is 0.0301. The molecule has 0 saturated carbocycles. The standard InChI is InChI=1S/C28H30N2O5/c1-28(2,16-22-15-19-6-3-4-9-23(19)26(33)29-22)17-24(31)30-12-10-18(11-13-30)25(32)20-7-5-8-21(14-20)27(34)35/h3-9,14-15,18,23H,10-13,16-17H2,1-2H3,(H,34,35). The van der Waals surface area contributed by atoms with Crippen LogP contribution in [-0.2, 0) is 9.59 Å². The molecule has 2 heterocycles. The molecule has 182 valence electrons. The van der Waals surface area contributed by atoms with Crippen LogP contribution in [0.3, 0.4) is 0 Å². The van der Waals surface area contributed by atoms with Crippen LogP contribution in [0.15, 0.2) is 65.2 Å². The zero-order valence-electron chi connectivity index (χ0n) is 20.1. The van der Waals surface area contributed by atoms with E-state index >= 15 is 0 Å². The lowest BCUT2D eigenvalue weighted by molar-refractivity contribution is -0.134. The highest BCUT2D eigenvalue weighted by atomic mass is 16.4. The van der Waals surface area contributed by atoms with Crippen LogP contribution in [0.4, 0.5) is 0 Å². The number of carboxylic acid groups (broad SMARTS) is 1. The van der Waals surface area contributed by atoms with Gasteiger partial charge in [-0.3, -0.25) is 14.4 Å². The van der Waals surface area contributed by atoms with Crippen molar-refractivity contribution in [1.29, 1.82) is 0 Å². The Morgan fingerprint density at radius 2 is 1.83 bits per heavy atom. The number of piperidine rings is 1. The molecule has 1 atom stereocenters. The van der Waals surface area contributed by atoms with Crippen molar-refractivity contribution >= 4 is 29.3 Å². The highest BCUT2D eigenvalue weighted by molar-refractivity contribution is 6.08. The smallest absolute Gasteiger partial charge is 0.335 e. The third-order valence-corrected chi connectivity index (χ3v) is 6.82. The van der Waals surface area contributed by atoms with Crippen molar-refractivity contribution in [3.8, 4) is 0 Å². The number of fused-ring (bicyclic) bond motifs is 1. The van der Waals surface area contributed by atoms with Gasteiger partial charge in [0.25, 0.3) is 5.91 Å². The van der Waals surface area contributed by atoms with Gasteiger partial charge in [-0.25, -0.2) is 9.79 Å². The summed E-state index contributed by atoms with van der Waals surface area (Å²) in [5, 5.41) is 9.17. The van der Waals surface area contributed by atoms with Gasteiger partial charge in [-0.2, -0.15) is 0 Å². The Balaban J connectivity index is 1.32. The van der Waals surface area contributed by atoms with Gasteiger partial charge in [0, 0.05) is 36.7 Å². The number of allylic oxidation sites excluding steroid dienone is 4. The van der Waals surface area contributed by atoms with Crippen molar-refractivity contribution in [2.75, 3.05) is 13.1 Å². The van der Waals surface area contributed by atoms with E-state index in [0.717, 1.165) is 5.57 Å². The number of carboxylic acids is 1. The van der Waals surface area contributed by atoms with Gasteiger partial charge < -0.3 is 10.0 Å². The first-order valence-corrected chi connectivity index (χ1v) is 12.0. The largest absolute Gasteiger partial charge is 0.478 e. The number of Topliss-reactive ketones (excluding diaryl/α,β-unsaturated/α-hetero) is 1. The molecule has 1 N–H and O–H groups in total. The first-order chi connectivity index (χ1) is 16.6. The molecule has 0 aromatic heterocycles. The van der Waals surface area contributed by atoms with E-state index in [9.17, 15) is 19.2 Å². The molecule has 3 aliphatic rings. The molecule has 7 heteroatoms. The molecule has 35 heavy (non-hydrogen) atoms. The maximum Gasteiger partial charge on any atom is 0.335 e.